The van der Waals surface area contributed by atoms with E-state index in [0.29, 0.717) is 19.3 Å². The van der Waals surface area contributed by atoms with Gasteiger partial charge in [0.1, 0.15) is 13.2 Å². The summed E-state index contributed by atoms with van der Waals surface area (Å²) in [6.07, 6.45) is 64.8. The van der Waals surface area contributed by atoms with Gasteiger partial charge in [0.25, 0.3) is 0 Å². The average molecular weight is 930 g/mol. The molecule has 0 N–H and O–H groups in total. The lowest BCUT2D eigenvalue weighted by molar-refractivity contribution is -0.167. The number of ether oxygens (including phenoxy) is 3. The zero-order chi connectivity index (χ0) is 47.9. The van der Waals surface area contributed by atoms with Crippen LogP contribution in [-0.4, -0.2) is 37.2 Å². The highest BCUT2D eigenvalue weighted by Gasteiger charge is 2.19. The van der Waals surface area contributed by atoms with E-state index in [9.17, 15) is 14.4 Å². The number of hydrogen-bond donors (Lipinski definition) is 0. The maximum Gasteiger partial charge on any atom is 0.306 e. The van der Waals surface area contributed by atoms with Crippen LogP contribution in [-0.2, 0) is 28.6 Å². The molecule has 1 atom stereocenters. The molecule has 0 heterocycles. The summed E-state index contributed by atoms with van der Waals surface area (Å²) in [7, 11) is 0. The Kier molecular flexibility index (Phi) is 53.7. The lowest BCUT2D eigenvalue weighted by Crippen LogP contribution is -2.30. The van der Waals surface area contributed by atoms with Gasteiger partial charge in [0.05, 0.1) is 0 Å². The molecule has 0 saturated carbocycles. The Morgan fingerprint density at radius 3 is 0.788 bits per heavy atom. The molecule has 0 aromatic rings. The van der Waals surface area contributed by atoms with Gasteiger partial charge < -0.3 is 14.2 Å². The van der Waals surface area contributed by atoms with Crippen LogP contribution in [0.5, 0.6) is 0 Å². The molecule has 0 fully saturated rings. The Hall–Kier alpha value is -2.11. The first-order valence-electron chi connectivity index (χ1n) is 29.3. The molecular formula is C60H112O6. The quantitative estimate of drug-likeness (QED) is 0.0262. The van der Waals surface area contributed by atoms with Gasteiger partial charge in [-0.05, 0) is 70.6 Å². The summed E-state index contributed by atoms with van der Waals surface area (Å²) in [6, 6.07) is 0. The molecule has 66 heavy (non-hydrogen) atoms. The molecule has 0 rings (SSSR count). The largest absolute Gasteiger partial charge is 0.462 e. The minimum atomic E-state index is -0.769. The highest BCUT2D eigenvalue weighted by molar-refractivity contribution is 5.71. The minimum Gasteiger partial charge on any atom is -0.462 e. The minimum absolute atomic E-state index is 0.0703. The third kappa shape index (κ3) is 52.9. The smallest absolute Gasteiger partial charge is 0.306 e. The van der Waals surface area contributed by atoms with Crippen LogP contribution in [0.4, 0.5) is 0 Å². The Morgan fingerprint density at radius 1 is 0.288 bits per heavy atom. The summed E-state index contributed by atoms with van der Waals surface area (Å²) in [6.45, 7) is 6.62. The first-order valence-corrected chi connectivity index (χ1v) is 29.3. The van der Waals surface area contributed by atoms with Crippen LogP contribution in [0.2, 0.25) is 0 Å². The lowest BCUT2D eigenvalue weighted by atomic mass is 10.0. The van der Waals surface area contributed by atoms with Gasteiger partial charge in [0.15, 0.2) is 6.10 Å². The number of rotatable bonds is 54. The van der Waals surface area contributed by atoms with Crippen molar-refractivity contribution in [1.29, 1.82) is 0 Å². The van der Waals surface area contributed by atoms with Gasteiger partial charge in [-0.15, -0.1) is 0 Å². The Labute approximate surface area is 411 Å². The molecule has 0 aromatic carbocycles. The zero-order valence-electron chi connectivity index (χ0n) is 44.5. The van der Waals surface area contributed by atoms with E-state index in [1.807, 2.05) is 0 Å². The van der Waals surface area contributed by atoms with Crippen LogP contribution in [0, 0.1) is 0 Å². The van der Waals surface area contributed by atoms with E-state index >= 15 is 0 Å². The third-order valence-corrected chi connectivity index (χ3v) is 13.2. The summed E-state index contributed by atoms with van der Waals surface area (Å²) in [5.41, 5.74) is 0. The fourth-order valence-corrected chi connectivity index (χ4v) is 8.73. The van der Waals surface area contributed by atoms with E-state index in [2.05, 4.69) is 45.1 Å². The second-order valence-electron chi connectivity index (χ2n) is 19.9. The predicted molar refractivity (Wildman–Crippen MR) is 284 cm³/mol. The molecule has 6 nitrogen and oxygen atoms in total. The Bertz CT molecular complexity index is 1070. The molecular weight excluding hydrogens is 817 g/mol. The Morgan fingerprint density at radius 2 is 0.500 bits per heavy atom. The molecule has 0 aromatic heterocycles. The van der Waals surface area contributed by atoms with E-state index in [4.69, 9.17) is 14.2 Å². The van der Waals surface area contributed by atoms with Gasteiger partial charge >= 0.3 is 17.9 Å². The van der Waals surface area contributed by atoms with Crippen molar-refractivity contribution in [1.82, 2.24) is 0 Å². The van der Waals surface area contributed by atoms with Crippen molar-refractivity contribution in [2.24, 2.45) is 0 Å². The standard InChI is InChI=1S/C60H112O6/c1-4-7-10-13-16-19-21-23-24-25-26-27-28-29-30-31-32-33-34-35-36-37-39-41-44-47-50-53-59(62)65-56-57(55-64-58(61)52-49-46-43-40-18-15-12-9-6-3)66-60(63)54-51-48-45-42-38-22-20-17-14-11-8-5-2/h17,20,25-26,57H,4-16,18-19,21-24,27-56H2,1-3H3/b20-17-,26-25-. The molecule has 0 radical (unpaired) electrons. The molecule has 1 unspecified atom stereocenters. The highest BCUT2D eigenvalue weighted by atomic mass is 16.6. The molecule has 0 aliphatic rings. The Balaban J connectivity index is 4.07. The van der Waals surface area contributed by atoms with Crippen molar-refractivity contribution in [3.8, 4) is 0 Å². The number of allylic oxidation sites excluding steroid dienone is 4. The molecule has 0 aliphatic heterocycles. The van der Waals surface area contributed by atoms with Crippen molar-refractivity contribution >= 4 is 17.9 Å². The third-order valence-electron chi connectivity index (χ3n) is 13.2. The monoisotopic (exact) mass is 929 g/mol. The van der Waals surface area contributed by atoms with E-state index in [0.717, 1.165) is 64.2 Å². The van der Waals surface area contributed by atoms with Crippen molar-refractivity contribution in [2.75, 3.05) is 13.2 Å². The topological polar surface area (TPSA) is 78.9 Å². The first kappa shape index (κ1) is 63.9. The highest BCUT2D eigenvalue weighted by Crippen LogP contribution is 2.17. The van der Waals surface area contributed by atoms with Gasteiger partial charge in [0.2, 0.25) is 0 Å². The molecule has 0 amide bonds. The van der Waals surface area contributed by atoms with Crippen molar-refractivity contribution < 1.29 is 28.6 Å². The molecule has 0 saturated heterocycles. The van der Waals surface area contributed by atoms with Crippen molar-refractivity contribution in [3.05, 3.63) is 24.3 Å². The van der Waals surface area contributed by atoms with Crippen LogP contribution in [0.1, 0.15) is 323 Å². The van der Waals surface area contributed by atoms with Gasteiger partial charge in [0, 0.05) is 19.3 Å². The summed E-state index contributed by atoms with van der Waals surface area (Å²) >= 11 is 0. The predicted octanol–water partition coefficient (Wildman–Crippen LogP) is 19.5. The van der Waals surface area contributed by atoms with Crippen molar-refractivity contribution in [3.63, 3.8) is 0 Å². The SMILES string of the molecule is CCCCC/C=C\CCCCCCCC(=O)OC(COC(=O)CCCCCCCCCCC)COC(=O)CCCCCCCCCCCCCCCCC/C=C\CCCCCCCCCC. The zero-order valence-corrected chi connectivity index (χ0v) is 44.5. The van der Waals surface area contributed by atoms with Gasteiger partial charge in [-0.2, -0.15) is 0 Å². The molecule has 0 aliphatic carbocycles. The number of unbranched alkanes of at least 4 members (excludes halogenated alkanes) is 39. The van der Waals surface area contributed by atoms with E-state index in [1.165, 1.54) is 218 Å². The second kappa shape index (κ2) is 55.5. The number of carbonyl (C=O) groups excluding carboxylic acids is 3. The molecule has 0 spiro atoms. The normalized spacial score (nSPS) is 12.1. The molecule has 6 heteroatoms. The summed E-state index contributed by atoms with van der Waals surface area (Å²) in [4.78, 5) is 37.9. The number of carbonyl (C=O) groups is 3. The van der Waals surface area contributed by atoms with Crippen molar-refractivity contribution in [2.45, 2.75) is 329 Å². The fourth-order valence-electron chi connectivity index (χ4n) is 8.73. The number of hydrogen-bond acceptors (Lipinski definition) is 6. The fraction of sp³-hybridized carbons (Fsp3) is 0.883. The molecule has 388 valence electrons. The maximum absolute atomic E-state index is 12.8. The maximum atomic E-state index is 12.8. The van der Waals surface area contributed by atoms with Gasteiger partial charge in [-0.3, -0.25) is 14.4 Å². The summed E-state index contributed by atoms with van der Waals surface area (Å²) < 4.78 is 16.8. The van der Waals surface area contributed by atoms with Crippen LogP contribution in [0.15, 0.2) is 24.3 Å². The average Bonchev–Trinajstić information content (AvgIpc) is 3.31. The lowest BCUT2D eigenvalue weighted by Gasteiger charge is -2.18. The number of esters is 3. The summed E-state index contributed by atoms with van der Waals surface area (Å²) in [5, 5.41) is 0. The van der Waals surface area contributed by atoms with Crippen LogP contribution in [0.25, 0.3) is 0 Å². The van der Waals surface area contributed by atoms with E-state index in [1.54, 1.807) is 0 Å². The van der Waals surface area contributed by atoms with E-state index in [-0.39, 0.29) is 31.1 Å². The van der Waals surface area contributed by atoms with Crippen LogP contribution < -0.4 is 0 Å². The van der Waals surface area contributed by atoms with E-state index < -0.39 is 6.10 Å². The first-order chi connectivity index (χ1) is 32.5. The summed E-state index contributed by atoms with van der Waals surface area (Å²) in [5.74, 6) is -0.866. The van der Waals surface area contributed by atoms with Crippen LogP contribution in [0.3, 0.4) is 0 Å². The van der Waals surface area contributed by atoms with Gasteiger partial charge in [-0.25, -0.2) is 0 Å². The second-order valence-corrected chi connectivity index (χ2v) is 19.9. The molecule has 0 bridgehead atoms. The van der Waals surface area contributed by atoms with Gasteiger partial charge in [-0.1, -0.05) is 257 Å². The van der Waals surface area contributed by atoms with Crippen LogP contribution >= 0.6 is 0 Å².